The number of aryl methyl sites for hydroxylation is 6. The maximum Gasteiger partial charge on any atom is 0.363 e. The highest BCUT2D eigenvalue weighted by molar-refractivity contribution is 7.85. The first-order valence-corrected chi connectivity index (χ1v) is 26.2. The summed E-state index contributed by atoms with van der Waals surface area (Å²) in [7, 11) is -2.43. The maximum absolute atomic E-state index is 13.8. The average molecular weight is 1070 g/mol. The first-order chi connectivity index (χ1) is 37.2. The van der Waals surface area contributed by atoms with Crippen molar-refractivity contribution < 1.29 is 79.6 Å². The van der Waals surface area contributed by atoms with Gasteiger partial charge in [-0.1, -0.05) is 48.5 Å². The molecule has 2 aliphatic rings. The molecule has 0 saturated carbocycles. The van der Waals surface area contributed by atoms with Gasteiger partial charge in [0.05, 0.1) is 53.9 Å². The van der Waals surface area contributed by atoms with E-state index >= 15 is 0 Å². The molecule has 2 saturated heterocycles. The van der Waals surface area contributed by atoms with Crippen LogP contribution in [-0.4, -0.2) is 76.4 Å². The molecule has 0 atom stereocenters. The number of imide groups is 2. The van der Waals surface area contributed by atoms with Crippen LogP contribution in [0.3, 0.4) is 0 Å². The molecule has 4 amide bonds. The third-order valence-electron chi connectivity index (χ3n) is 13.3. The van der Waals surface area contributed by atoms with Gasteiger partial charge in [0.1, 0.15) is 18.5 Å². The molecule has 19 nitrogen and oxygen atoms in total. The van der Waals surface area contributed by atoms with Gasteiger partial charge in [-0.2, -0.15) is 9.13 Å². The second-order valence-corrected chi connectivity index (χ2v) is 20.2. The molecule has 6 aromatic carbocycles. The van der Waals surface area contributed by atoms with Crippen molar-refractivity contribution in [2.45, 2.75) is 66.3 Å². The zero-order valence-electron chi connectivity index (χ0n) is 42.8. The Labute approximate surface area is 445 Å². The van der Waals surface area contributed by atoms with Gasteiger partial charge in [0.2, 0.25) is 22.1 Å². The summed E-state index contributed by atoms with van der Waals surface area (Å²) >= 11 is 0. The van der Waals surface area contributed by atoms with Crippen LogP contribution in [0, 0.1) is 27.7 Å². The summed E-state index contributed by atoms with van der Waals surface area (Å²) in [5.41, 5.74) is 6.02. The number of nitrogens with zero attached hydrogens (tertiary/aromatic N) is 4. The fourth-order valence-electron chi connectivity index (χ4n) is 9.76. The first kappa shape index (κ1) is 53.6. The lowest BCUT2D eigenvalue weighted by Gasteiger charge is -2.16. The topological polar surface area (TPSA) is 245 Å². The minimum absolute atomic E-state index is 0.0138. The van der Waals surface area contributed by atoms with Crippen molar-refractivity contribution in [3.63, 3.8) is 0 Å². The largest absolute Gasteiger partial charge is 0.748 e. The van der Waals surface area contributed by atoms with Gasteiger partial charge in [-0.3, -0.25) is 19.2 Å². The fraction of sp³-hybridized carbons (Fsp3) is 0.207. The summed E-state index contributed by atoms with van der Waals surface area (Å²) in [6.07, 6.45) is 0.0787. The van der Waals surface area contributed by atoms with E-state index in [1.165, 1.54) is 24.3 Å². The summed E-state index contributed by atoms with van der Waals surface area (Å²) in [6.45, 7) is 6.96. The molecule has 2 aromatic heterocycles. The number of benzene rings is 6. The van der Waals surface area contributed by atoms with Gasteiger partial charge < -0.3 is 23.7 Å². The van der Waals surface area contributed by atoms with E-state index in [-0.39, 0.29) is 55.5 Å². The molecule has 0 unspecified atom stereocenters. The molecule has 0 bridgehead atoms. The van der Waals surface area contributed by atoms with Gasteiger partial charge in [-0.05, 0) is 98.5 Å². The molecule has 20 heteroatoms. The van der Waals surface area contributed by atoms with Gasteiger partial charge in [-0.25, -0.2) is 27.6 Å². The predicted octanol–water partition coefficient (Wildman–Crippen LogP) is 7.15. The number of rotatable bonds is 12. The van der Waals surface area contributed by atoms with Crippen LogP contribution in [0.4, 0.5) is 0 Å². The SMILES string of the molecule is Cc1cc(C(=O)ON2C(=O)CCC2=O)cc(C)c1OC(=O)c1c2ccccc2[n+](C)c2ccccc12.Cc1cc(C(=O)ON2C(=O)CCC2=O)cc(C)c1OC(=O)c1c2ccccc2[n+](CCCS(=O)(=O)[O-])c2ccccc12. The quantitative estimate of drug-likeness (QED) is 0.0295. The van der Waals surface area contributed by atoms with Crippen LogP contribution in [0.5, 0.6) is 11.5 Å². The van der Waals surface area contributed by atoms with Crippen molar-refractivity contribution >= 4 is 101 Å². The van der Waals surface area contributed by atoms with Crippen LogP contribution >= 0.6 is 0 Å². The number of hydroxylamine groups is 4. The highest BCUT2D eigenvalue weighted by Gasteiger charge is 2.35. The molecule has 2 fully saturated rings. The number of carbonyl (C=O) groups excluding carboxylic acids is 8. The third kappa shape index (κ3) is 10.8. The van der Waals surface area contributed by atoms with Crippen LogP contribution < -0.4 is 18.6 Å². The number of hydrogen-bond donors (Lipinski definition) is 0. The predicted molar refractivity (Wildman–Crippen MR) is 278 cm³/mol. The van der Waals surface area contributed by atoms with Crippen molar-refractivity contribution in [1.29, 1.82) is 0 Å². The van der Waals surface area contributed by atoms with E-state index in [1.807, 2.05) is 64.7 Å². The molecular formula is C58H49N4O15S+. The van der Waals surface area contributed by atoms with Crippen LogP contribution in [0.15, 0.2) is 121 Å². The summed E-state index contributed by atoms with van der Waals surface area (Å²) in [6, 6.07) is 35.4. The molecule has 0 spiro atoms. The Morgan fingerprint density at radius 1 is 0.500 bits per heavy atom. The molecule has 2 aliphatic heterocycles. The highest BCUT2D eigenvalue weighted by atomic mass is 32.2. The summed E-state index contributed by atoms with van der Waals surface area (Å²) < 4.78 is 49.3. The molecule has 396 valence electrons. The minimum Gasteiger partial charge on any atom is -0.748 e. The van der Waals surface area contributed by atoms with E-state index in [4.69, 9.17) is 19.1 Å². The summed E-state index contributed by atoms with van der Waals surface area (Å²) in [5, 5.41) is 3.65. The van der Waals surface area contributed by atoms with E-state index in [0.717, 1.165) is 21.8 Å². The Kier molecular flexibility index (Phi) is 14.9. The van der Waals surface area contributed by atoms with Crippen LogP contribution in [0.25, 0.3) is 43.6 Å². The first-order valence-electron chi connectivity index (χ1n) is 24.6. The number of para-hydroxylation sites is 4. The number of hydrogen-bond acceptors (Lipinski definition) is 15. The zero-order valence-corrected chi connectivity index (χ0v) is 43.6. The lowest BCUT2D eigenvalue weighted by atomic mass is 10.0. The number of amides is 4. The van der Waals surface area contributed by atoms with Crippen LogP contribution in [-0.2, 0) is 52.6 Å². The summed E-state index contributed by atoms with van der Waals surface area (Å²) in [4.78, 5) is 110. The third-order valence-corrected chi connectivity index (χ3v) is 14.1. The Balaban J connectivity index is 0.000000192. The average Bonchev–Trinajstić information content (AvgIpc) is 4.05. The lowest BCUT2D eigenvalue weighted by molar-refractivity contribution is -0.645. The number of aromatic nitrogens is 2. The molecule has 0 radical (unpaired) electrons. The molecule has 78 heavy (non-hydrogen) atoms. The Hall–Kier alpha value is -9.27. The molecule has 10 rings (SSSR count). The molecular weight excluding hydrogens is 1020 g/mol. The van der Waals surface area contributed by atoms with Crippen LogP contribution in [0.2, 0.25) is 0 Å². The number of fused-ring (bicyclic) bond motifs is 4. The van der Waals surface area contributed by atoms with Gasteiger partial charge >= 0.3 is 23.9 Å². The second-order valence-electron chi connectivity index (χ2n) is 18.7. The monoisotopic (exact) mass is 1070 g/mol. The van der Waals surface area contributed by atoms with Gasteiger partial charge in [0.25, 0.3) is 23.6 Å². The van der Waals surface area contributed by atoms with Gasteiger partial charge in [0, 0.05) is 62.1 Å². The van der Waals surface area contributed by atoms with Crippen molar-refractivity contribution in [3.8, 4) is 11.5 Å². The van der Waals surface area contributed by atoms with Crippen molar-refractivity contribution in [3.05, 3.63) is 166 Å². The normalized spacial score (nSPS) is 13.6. The van der Waals surface area contributed by atoms with E-state index in [2.05, 4.69) is 0 Å². The molecule has 4 heterocycles. The van der Waals surface area contributed by atoms with Crippen molar-refractivity contribution in [2.24, 2.45) is 7.05 Å². The van der Waals surface area contributed by atoms with Crippen molar-refractivity contribution in [2.75, 3.05) is 5.75 Å². The fourth-order valence-corrected chi connectivity index (χ4v) is 10.2. The van der Waals surface area contributed by atoms with Crippen LogP contribution in [0.1, 0.15) is 95.8 Å². The van der Waals surface area contributed by atoms with Crippen molar-refractivity contribution in [1.82, 2.24) is 10.1 Å². The Morgan fingerprint density at radius 3 is 1.14 bits per heavy atom. The van der Waals surface area contributed by atoms with E-state index in [0.29, 0.717) is 71.1 Å². The lowest BCUT2D eigenvalue weighted by Crippen LogP contribution is -2.37. The molecule has 0 N–H and O–H groups in total. The smallest absolute Gasteiger partial charge is 0.363 e. The van der Waals surface area contributed by atoms with Gasteiger partial charge in [0.15, 0.2) is 6.54 Å². The number of ether oxygens (including phenoxy) is 2. The number of esters is 2. The summed E-state index contributed by atoms with van der Waals surface area (Å²) in [5.74, 6) is -5.14. The minimum atomic E-state index is -4.38. The number of pyridine rings is 2. The molecule has 8 aromatic rings. The zero-order chi connectivity index (χ0) is 55.7. The van der Waals surface area contributed by atoms with E-state index in [9.17, 15) is 51.3 Å². The van der Waals surface area contributed by atoms with E-state index < -0.39 is 63.4 Å². The number of carbonyl (C=O) groups is 8. The maximum atomic E-state index is 13.8. The Morgan fingerprint density at radius 2 is 0.808 bits per heavy atom. The highest BCUT2D eigenvalue weighted by Crippen LogP contribution is 2.33. The second kappa shape index (κ2) is 21.8. The molecule has 0 aliphatic carbocycles. The van der Waals surface area contributed by atoms with Gasteiger partial charge in [-0.15, -0.1) is 10.1 Å². The Bertz CT molecular complexity index is 3830. The van der Waals surface area contributed by atoms with E-state index in [1.54, 1.807) is 76.2 Å². The standard InChI is InChI=1S/C30H26N2O9S.C28H23N2O6/c1-18-16-20(29(35)41-32-25(33)12-13-26(32)34)17-19(2)28(18)40-30(36)27-21-8-3-5-10-23(21)31(14-7-15-42(37,38)39)24-11-6-4-9-22(24)27;1-16-14-18(27(33)36-30-23(31)12-13-24(30)32)15-17(2)26(16)35-28(34)25-19-8-4-6-10-21(19)29(3)22-11-7-5-9-20(22)25/h3-6,8-11,16-17H,7,12-15H2,1-2H3;4-11,14-15H,12-13H2,1-3H3/q;+1.